The summed E-state index contributed by atoms with van der Waals surface area (Å²) < 4.78 is 24.5. The number of para-hydroxylation sites is 2. The second kappa shape index (κ2) is 11.6. The van der Waals surface area contributed by atoms with Crippen molar-refractivity contribution < 1.29 is 13.9 Å². The predicted octanol–water partition coefficient (Wildman–Crippen LogP) is 8.13. The van der Waals surface area contributed by atoms with Crippen LogP contribution in [0.4, 0.5) is 4.39 Å². The third-order valence-electron chi connectivity index (χ3n) is 9.51. The Morgan fingerprint density at radius 3 is 2.53 bits per heavy atom. The summed E-state index contributed by atoms with van der Waals surface area (Å²) in [6, 6.07) is 24.7. The van der Waals surface area contributed by atoms with Gasteiger partial charge in [-0.2, -0.15) is 0 Å². The van der Waals surface area contributed by atoms with E-state index in [9.17, 15) is 9.18 Å². The average Bonchev–Trinajstić information content (AvgIpc) is 3.83. The second-order valence-corrected chi connectivity index (χ2v) is 12.9. The number of benzene rings is 3. The number of rotatable bonds is 10. The van der Waals surface area contributed by atoms with E-state index in [2.05, 4.69) is 32.3 Å². The zero-order valence-electron chi connectivity index (χ0n) is 24.4. The highest BCUT2D eigenvalue weighted by Gasteiger charge is 2.43. The van der Waals surface area contributed by atoms with Crippen molar-refractivity contribution in [3.63, 3.8) is 0 Å². The average molecular weight is 595 g/mol. The number of thioether (sulfide) groups is 1. The normalized spacial score (nSPS) is 20.1. The minimum absolute atomic E-state index is 0.0481. The fourth-order valence-corrected chi connectivity index (χ4v) is 8.42. The fourth-order valence-electron chi connectivity index (χ4n) is 7.51. The summed E-state index contributed by atoms with van der Waals surface area (Å²) in [5.41, 5.74) is 3.68. The standard InChI is InChI=1S/C35H35FN4O2S/c1-22(27-19-23-16-17-25(27)18-23)40-32(20-42-31-15-9-7-13-28(31)36)37-38-35(40)43-21-30(41)33-26-12-6-8-14-29(26)39(2)34(33)24-10-4-3-5-11-24/h3-15,22-23,25,27H,16-21H2,1-2H3/t22-,23+,25+,27-/m1/s1. The van der Waals surface area contributed by atoms with Gasteiger partial charge in [0.2, 0.25) is 0 Å². The Morgan fingerprint density at radius 1 is 1.00 bits per heavy atom. The van der Waals surface area contributed by atoms with Crippen LogP contribution in [0.1, 0.15) is 54.8 Å². The van der Waals surface area contributed by atoms with E-state index in [0.29, 0.717) is 22.8 Å². The maximum absolute atomic E-state index is 14.3. The summed E-state index contributed by atoms with van der Waals surface area (Å²) in [6.45, 7) is 2.35. The Hall–Kier alpha value is -3.91. The third kappa shape index (κ3) is 5.16. The first-order valence-electron chi connectivity index (χ1n) is 15.1. The number of halogens is 1. The molecule has 220 valence electrons. The number of hydrogen-bond acceptors (Lipinski definition) is 5. The molecule has 0 unspecified atom stereocenters. The van der Waals surface area contributed by atoms with E-state index < -0.39 is 5.82 Å². The molecule has 5 aromatic rings. The van der Waals surface area contributed by atoms with Crippen molar-refractivity contribution in [1.29, 1.82) is 0 Å². The van der Waals surface area contributed by atoms with Crippen LogP contribution in [-0.2, 0) is 13.7 Å². The Balaban J connectivity index is 1.19. The van der Waals surface area contributed by atoms with Gasteiger partial charge in [-0.25, -0.2) is 4.39 Å². The number of nitrogens with zero attached hydrogens (tertiary/aromatic N) is 4. The van der Waals surface area contributed by atoms with Gasteiger partial charge in [-0.15, -0.1) is 10.2 Å². The van der Waals surface area contributed by atoms with Gasteiger partial charge in [-0.05, 0) is 67.7 Å². The third-order valence-corrected chi connectivity index (χ3v) is 10.5. The molecule has 2 saturated carbocycles. The predicted molar refractivity (Wildman–Crippen MR) is 168 cm³/mol. The Kier molecular flexibility index (Phi) is 7.55. The molecule has 6 nitrogen and oxygen atoms in total. The highest BCUT2D eigenvalue weighted by Crippen LogP contribution is 2.52. The minimum atomic E-state index is -0.404. The van der Waals surface area contributed by atoms with Gasteiger partial charge in [0.15, 0.2) is 28.3 Å². The van der Waals surface area contributed by atoms with E-state index in [1.54, 1.807) is 18.2 Å². The highest BCUT2D eigenvalue weighted by atomic mass is 32.2. The molecule has 8 heteroatoms. The van der Waals surface area contributed by atoms with Crippen molar-refractivity contribution in [3.8, 4) is 17.0 Å². The monoisotopic (exact) mass is 594 g/mol. The number of aryl methyl sites for hydroxylation is 1. The molecule has 2 aromatic heterocycles. The second-order valence-electron chi connectivity index (χ2n) is 11.9. The van der Waals surface area contributed by atoms with Crippen molar-refractivity contribution in [2.45, 2.75) is 50.4 Å². The van der Waals surface area contributed by atoms with E-state index in [0.717, 1.165) is 33.6 Å². The molecule has 4 atom stereocenters. The number of hydrogen-bond donors (Lipinski definition) is 0. The van der Waals surface area contributed by atoms with E-state index in [1.807, 2.05) is 55.6 Å². The number of aromatic nitrogens is 4. The Morgan fingerprint density at radius 2 is 1.77 bits per heavy atom. The Bertz CT molecular complexity index is 1780. The maximum Gasteiger partial charge on any atom is 0.192 e. The number of carbonyl (C=O) groups excluding carboxylic acids is 1. The first-order valence-corrected chi connectivity index (χ1v) is 16.1. The lowest BCUT2D eigenvalue weighted by molar-refractivity contribution is 0.102. The molecule has 0 N–H and O–H groups in total. The van der Waals surface area contributed by atoms with Crippen LogP contribution in [-0.4, -0.2) is 30.9 Å². The first kappa shape index (κ1) is 27.9. The van der Waals surface area contributed by atoms with Crippen molar-refractivity contribution in [2.75, 3.05) is 5.75 Å². The summed E-state index contributed by atoms with van der Waals surface area (Å²) in [7, 11) is 2.02. The SMILES string of the molecule is C[C@H]([C@H]1C[C@H]2CC[C@H]1C2)n1c(COc2ccccc2F)nnc1SCC(=O)c1c(-c2ccccc2)n(C)c2ccccc12. The van der Waals surface area contributed by atoms with Crippen molar-refractivity contribution in [1.82, 2.24) is 19.3 Å². The molecule has 0 aliphatic heterocycles. The lowest BCUT2D eigenvalue weighted by atomic mass is 9.84. The van der Waals surface area contributed by atoms with Gasteiger partial charge in [0.1, 0.15) is 6.61 Å². The van der Waals surface area contributed by atoms with Crippen molar-refractivity contribution in [2.24, 2.45) is 24.8 Å². The minimum Gasteiger partial charge on any atom is -0.483 e. The van der Waals surface area contributed by atoms with Gasteiger partial charge in [0.25, 0.3) is 0 Å². The number of Topliss-reactive ketones (excluding diaryl/α,β-unsaturated/α-hetero) is 1. The van der Waals surface area contributed by atoms with Gasteiger partial charge in [-0.1, -0.05) is 78.8 Å². The van der Waals surface area contributed by atoms with E-state index >= 15 is 0 Å². The molecule has 0 amide bonds. The number of ether oxygens (including phenoxy) is 1. The summed E-state index contributed by atoms with van der Waals surface area (Å²) >= 11 is 1.43. The highest BCUT2D eigenvalue weighted by molar-refractivity contribution is 7.99. The van der Waals surface area contributed by atoms with Crippen LogP contribution in [0.2, 0.25) is 0 Å². The molecule has 43 heavy (non-hydrogen) atoms. The molecular formula is C35H35FN4O2S. The fraction of sp³-hybridized carbons (Fsp3) is 0.343. The molecule has 7 rings (SSSR count). The van der Waals surface area contributed by atoms with Crippen LogP contribution in [0.3, 0.4) is 0 Å². The summed E-state index contributed by atoms with van der Waals surface area (Å²) in [4.78, 5) is 14.1. The van der Waals surface area contributed by atoms with Gasteiger partial charge >= 0.3 is 0 Å². The van der Waals surface area contributed by atoms with E-state index in [1.165, 1.54) is 43.5 Å². The lowest BCUT2D eigenvalue weighted by Gasteiger charge is -2.30. The van der Waals surface area contributed by atoms with Crippen LogP contribution in [0.15, 0.2) is 84.0 Å². The number of fused-ring (bicyclic) bond motifs is 3. The summed E-state index contributed by atoms with van der Waals surface area (Å²) in [5.74, 6) is 2.75. The van der Waals surface area contributed by atoms with E-state index in [-0.39, 0.29) is 29.9 Å². The van der Waals surface area contributed by atoms with E-state index in [4.69, 9.17) is 4.74 Å². The van der Waals surface area contributed by atoms with Gasteiger partial charge in [0.05, 0.1) is 17.0 Å². The van der Waals surface area contributed by atoms with Crippen LogP contribution in [0.5, 0.6) is 5.75 Å². The van der Waals surface area contributed by atoms with Gasteiger partial charge in [0, 0.05) is 24.0 Å². The molecule has 2 aliphatic carbocycles. The number of carbonyl (C=O) groups is 1. The number of ketones is 1. The smallest absolute Gasteiger partial charge is 0.192 e. The molecule has 2 aliphatic rings. The van der Waals surface area contributed by atoms with Crippen LogP contribution in [0.25, 0.3) is 22.2 Å². The van der Waals surface area contributed by atoms with Crippen LogP contribution in [0, 0.1) is 23.6 Å². The van der Waals surface area contributed by atoms with Crippen molar-refractivity contribution >= 4 is 28.4 Å². The molecular weight excluding hydrogens is 559 g/mol. The molecule has 3 aromatic carbocycles. The quantitative estimate of drug-likeness (QED) is 0.121. The molecule has 0 saturated heterocycles. The molecule has 2 fully saturated rings. The van der Waals surface area contributed by atoms with Crippen LogP contribution < -0.4 is 4.74 Å². The summed E-state index contributed by atoms with van der Waals surface area (Å²) in [6.07, 6.45) is 5.09. The molecule has 2 heterocycles. The lowest BCUT2D eigenvalue weighted by Crippen LogP contribution is -2.24. The zero-order valence-corrected chi connectivity index (χ0v) is 25.3. The topological polar surface area (TPSA) is 61.9 Å². The molecule has 2 bridgehead atoms. The molecule has 0 radical (unpaired) electrons. The van der Waals surface area contributed by atoms with Crippen molar-refractivity contribution in [3.05, 3.63) is 96.1 Å². The molecule has 0 spiro atoms. The zero-order chi connectivity index (χ0) is 29.5. The maximum atomic E-state index is 14.3. The first-order chi connectivity index (χ1) is 21.0. The Labute approximate surface area is 255 Å². The van der Waals surface area contributed by atoms with Gasteiger partial charge in [-0.3, -0.25) is 9.36 Å². The summed E-state index contributed by atoms with van der Waals surface area (Å²) in [5, 5.41) is 10.7. The van der Waals surface area contributed by atoms with Gasteiger partial charge < -0.3 is 9.30 Å². The largest absolute Gasteiger partial charge is 0.483 e. The van der Waals surface area contributed by atoms with Crippen LogP contribution >= 0.6 is 11.8 Å².